The van der Waals surface area contributed by atoms with E-state index in [0.29, 0.717) is 18.2 Å². The van der Waals surface area contributed by atoms with Gasteiger partial charge >= 0.3 is 0 Å². The molecule has 0 aliphatic heterocycles. The molecule has 0 atom stereocenters. The third-order valence-electron chi connectivity index (χ3n) is 3.24. The molecule has 0 aliphatic rings. The fraction of sp³-hybridized carbons (Fsp3) is 0.438. The lowest BCUT2D eigenvalue weighted by Crippen LogP contribution is -2.13. The number of aromatic nitrogens is 3. The zero-order valence-electron chi connectivity index (χ0n) is 12.9. The maximum atomic E-state index is 9.15. The Kier molecular flexibility index (Phi) is 4.59. The van der Waals surface area contributed by atoms with Crippen molar-refractivity contribution in [2.75, 3.05) is 0 Å². The van der Waals surface area contributed by atoms with Crippen molar-refractivity contribution in [1.29, 1.82) is 5.26 Å². The SMILES string of the molecule is Cc1cccc(C)c1OCc1c(C#N)nnn1CC(C)C. The van der Waals surface area contributed by atoms with Gasteiger partial charge in [-0.1, -0.05) is 37.3 Å². The number of nitrogens with zero attached hydrogens (tertiary/aromatic N) is 4. The molecule has 0 radical (unpaired) electrons. The van der Waals surface area contributed by atoms with Crippen molar-refractivity contribution in [1.82, 2.24) is 15.0 Å². The maximum absolute atomic E-state index is 9.15. The molecule has 0 unspecified atom stereocenters. The van der Waals surface area contributed by atoms with E-state index in [0.717, 1.165) is 29.1 Å². The predicted molar refractivity (Wildman–Crippen MR) is 79.8 cm³/mol. The van der Waals surface area contributed by atoms with Crippen LogP contribution in [0.4, 0.5) is 0 Å². The summed E-state index contributed by atoms with van der Waals surface area (Å²) >= 11 is 0. The van der Waals surface area contributed by atoms with Crippen LogP contribution < -0.4 is 4.74 Å². The number of nitriles is 1. The Balaban J connectivity index is 2.23. The summed E-state index contributed by atoms with van der Waals surface area (Å²) in [6, 6.07) is 8.11. The molecule has 110 valence electrons. The number of hydrogen-bond donors (Lipinski definition) is 0. The van der Waals surface area contributed by atoms with Crippen molar-refractivity contribution in [2.45, 2.75) is 40.8 Å². The number of aryl methyl sites for hydroxylation is 2. The summed E-state index contributed by atoms with van der Waals surface area (Å²) < 4.78 is 7.69. The summed E-state index contributed by atoms with van der Waals surface area (Å²) in [5, 5.41) is 17.1. The standard InChI is InChI=1S/C16H20N4O/c1-11(2)9-20-15(14(8-17)18-19-20)10-21-16-12(3)6-5-7-13(16)4/h5-7,11H,9-10H2,1-4H3. The van der Waals surface area contributed by atoms with Gasteiger partial charge in [-0.3, -0.25) is 0 Å². The van der Waals surface area contributed by atoms with Crippen molar-refractivity contribution in [2.24, 2.45) is 5.92 Å². The highest BCUT2D eigenvalue weighted by Gasteiger charge is 2.15. The maximum Gasteiger partial charge on any atom is 0.189 e. The van der Waals surface area contributed by atoms with Crippen LogP contribution in [0.1, 0.15) is 36.4 Å². The average Bonchev–Trinajstić information content (AvgIpc) is 2.79. The molecule has 1 aromatic carbocycles. The Hall–Kier alpha value is -2.35. The summed E-state index contributed by atoms with van der Waals surface area (Å²) in [5.74, 6) is 1.29. The van der Waals surface area contributed by atoms with Gasteiger partial charge in [0.15, 0.2) is 5.69 Å². The van der Waals surface area contributed by atoms with Gasteiger partial charge in [0.2, 0.25) is 0 Å². The molecule has 2 aromatic rings. The van der Waals surface area contributed by atoms with Crippen LogP contribution in [0.2, 0.25) is 0 Å². The Morgan fingerprint density at radius 2 is 1.95 bits per heavy atom. The zero-order chi connectivity index (χ0) is 15.4. The first-order valence-electron chi connectivity index (χ1n) is 7.04. The number of benzene rings is 1. The smallest absolute Gasteiger partial charge is 0.189 e. The van der Waals surface area contributed by atoms with Gasteiger partial charge in [0, 0.05) is 6.54 Å². The molecular formula is C16H20N4O. The van der Waals surface area contributed by atoms with E-state index >= 15 is 0 Å². The Morgan fingerprint density at radius 3 is 2.52 bits per heavy atom. The largest absolute Gasteiger partial charge is 0.487 e. The monoisotopic (exact) mass is 284 g/mol. The second-order valence-electron chi connectivity index (χ2n) is 5.58. The molecule has 0 fully saturated rings. The molecule has 2 rings (SSSR count). The molecule has 0 saturated heterocycles. The van der Waals surface area contributed by atoms with Crippen LogP contribution in [0.3, 0.4) is 0 Å². The van der Waals surface area contributed by atoms with Crippen LogP contribution in [-0.2, 0) is 13.2 Å². The quantitative estimate of drug-likeness (QED) is 0.846. The van der Waals surface area contributed by atoms with Gasteiger partial charge in [0.05, 0.1) is 0 Å². The first-order chi connectivity index (χ1) is 10.0. The highest BCUT2D eigenvalue weighted by Crippen LogP contribution is 2.23. The second-order valence-corrected chi connectivity index (χ2v) is 5.58. The molecule has 0 saturated carbocycles. The van der Waals surface area contributed by atoms with E-state index < -0.39 is 0 Å². The summed E-state index contributed by atoms with van der Waals surface area (Å²) in [4.78, 5) is 0. The second kappa shape index (κ2) is 6.40. The Labute approximate surface area is 125 Å². The van der Waals surface area contributed by atoms with Crippen molar-refractivity contribution in [3.05, 3.63) is 40.7 Å². The summed E-state index contributed by atoms with van der Waals surface area (Å²) in [5.41, 5.74) is 3.23. The number of para-hydroxylation sites is 1. The minimum atomic E-state index is 0.300. The van der Waals surface area contributed by atoms with Crippen molar-refractivity contribution in [3.8, 4) is 11.8 Å². The Bertz CT molecular complexity index is 647. The Morgan fingerprint density at radius 1 is 1.29 bits per heavy atom. The highest BCUT2D eigenvalue weighted by molar-refractivity contribution is 5.40. The lowest BCUT2D eigenvalue weighted by molar-refractivity contribution is 0.283. The van der Waals surface area contributed by atoms with Gasteiger partial charge in [0.25, 0.3) is 0 Å². The van der Waals surface area contributed by atoms with Crippen LogP contribution >= 0.6 is 0 Å². The zero-order valence-corrected chi connectivity index (χ0v) is 12.9. The third-order valence-corrected chi connectivity index (χ3v) is 3.24. The topological polar surface area (TPSA) is 63.7 Å². The molecule has 5 heteroatoms. The number of hydrogen-bond acceptors (Lipinski definition) is 4. The van der Waals surface area contributed by atoms with Crippen LogP contribution in [0.15, 0.2) is 18.2 Å². The molecule has 21 heavy (non-hydrogen) atoms. The van der Waals surface area contributed by atoms with Crippen LogP contribution in [0.5, 0.6) is 5.75 Å². The van der Waals surface area contributed by atoms with Gasteiger partial charge in [-0.05, 0) is 30.9 Å². The fourth-order valence-electron chi connectivity index (χ4n) is 2.22. The number of rotatable bonds is 5. The minimum Gasteiger partial charge on any atom is -0.487 e. The lowest BCUT2D eigenvalue weighted by atomic mass is 10.1. The van der Waals surface area contributed by atoms with Gasteiger partial charge < -0.3 is 4.74 Å². The van der Waals surface area contributed by atoms with E-state index in [1.54, 1.807) is 4.68 Å². The predicted octanol–water partition coefficient (Wildman–Crippen LogP) is 3.00. The molecule has 5 nitrogen and oxygen atoms in total. The van der Waals surface area contributed by atoms with E-state index in [9.17, 15) is 0 Å². The van der Waals surface area contributed by atoms with Gasteiger partial charge in [0.1, 0.15) is 24.1 Å². The summed E-state index contributed by atoms with van der Waals surface area (Å²) in [6.07, 6.45) is 0. The van der Waals surface area contributed by atoms with Crippen LogP contribution in [-0.4, -0.2) is 15.0 Å². The van der Waals surface area contributed by atoms with E-state index in [-0.39, 0.29) is 0 Å². The molecule has 0 N–H and O–H groups in total. The third kappa shape index (κ3) is 3.40. The van der Waals surface area contributed by atoms with E-state index in [4.69, 9.17) is 10.00 Å². The molecule has 0 bridgehead atoms. The highest BCUT2D eigenvalue weighted by atomic mass is 16.5. The molecule has 1 aromatic heterocycles. The normalized spacial score (nSPS) is 10.7. The van der Waals surface area contributed by atoms with Gasteiger partial charge in [-0.15, -0.1) is 5.10 Å². The molecule has 0 spiro atoms. The van der Waals surface area contributed by atoms with E-state index in [1.165, 1.54) is 0 Å². The van der Waals surface area contributed by atoms with Gasteiger partial charge in [-0.2, -0.15) is 5.26 Å². The fourth-order valence-corrected chi connectivity index (χ4v) is 2.22. The summed E-state index contributed by atoms with van der Waals surface area (Å²) in [6.45, 7) is 9.25. The minimum absolute atomic E-state index is 0.300. The molecular weight excluding hydrogens is 264 g/mol. The van der Waals surface area contributed by atoms with Crippen molar-refractivity contribution >= 4 is 0 Å². The first-order valence-corrected chi connectivity index (χ1v) is 7.04. The van der Waals surface area contributed by atoms with Crippen molar-refractivity contribution < 1.29 is 4.74 Å². The average molecular weight is 284 g/mol. The first kappa shape index (κ1) is 15.0. The molecule has 0 aliphatic carbocycles. The lowest BCUT2D eigenvalue weighted by Gasteiger charge is -2.13. The van der Waals surface area contributed by atoms with Crippen LogP contribution in [0.25, 0.3) is 0 Å². The molecule has 1 heterocycles. The van der Waals surface area contributed by atoms with Crippen LogP contribution in [0, 0.1) is 31.1 Å². The number of ether oxygens (including phenoxy) is 1. The summed E-state index contributed by atoms with van der Waals surface area (Å²) in [7, 11) is 0. The molecule has 0 amide bonds. The van der Waals surface area contributed by atoms with E-state index in [1.807, 2.05) is 32.0 Å². The van der Waals surface area contributed by atoms with Gasteiger partial charge in [-0.25, -0.2) is 4.68 Å². The van der Waals surface area contributed by atoms with Crippen molar-refractivity contribution in [3.63, 3.8) is 0 Å². The van der Waals surface area contributed by atoms with E-state index in [2.05, 4.69) is 30.2 Å².